The van der Waals surface area contributed by atoms with Gasteiger partial charge >= 0.3 is 0 Å². The summed E-state index contributed by atoms with van der Waals surface area (Å²) in [7, 11) is 0. The second kappa shape index (κ2) is 1.93. The van der Waals surface area contributed by atoms with Gasteiger partial charge in [-0.3, -0.25) is 0 Å². The molecule has 0 fully saturated rings. The van der Waals surface area contributed by atoms with Gasteiger partial charge in [0.15, 0.2) is 0 Å². The van der Waals surface area contributed by atoms with Gasteiger partial charge in [-0.05, 0) is 0 Å². The fourth-order valence-electron chi connectivity index (χ4n) is 0.472. The molecule has 0 aromatic carbocycles. The summed E-state index contributed by atoms with van der Waals surface area (Å²) in [6.07, 6.45) is 2.76. The Morgan fingerprint density at radius 2 is 2.86 bits per heavy atom. The number of rotatable bonds is 1. The Labute approximate surface area is 42.1 Å². The summed E-state index contributed by atoms with van der Waals surface area (Å²) in [5.41, 5.74) is 5.23. The van der Waals surface area contributed by atoms with Crippen LogP contribution >= 0.6 is 0 Å². The van der Waals surface area contributed by atoms with Gasteiger partial charge in [-0.2, -0.15) is 0 Å². The summed E-state index contributed by atoms with van der Waals surface area (Å²) in [4.78, 5) is 4.75. The summed E-state index contributed by atoms with van der Waals surface area (Å²) < 4.78 is 0. The minimum atomic E-state index is 0.153. The predicted molar refractivity (Wildman–Crippen MR) is 27.0 cm³/mol. The predicted octanol–water partition coefficient (Wildman–Crippen LogP) is -0.280. The lowest BCUT2D eigenvalue weighted by Gasteiger charge is -2.00. The van der Waals surface area contributed by atoms with Crippen LogP contribution in [0.5, 0.6) is 0 Å². The highest BCUT2D eigenvalue weighted by molar-refractivity contribution is 5.58. The first-order valence-electron chi connectivity index (χ1n) is 2.31. The molecule has 0 amide bonds. The second-order valence-electron chi connectivity index (χ2n) is 1.49. The lowest BCUT2D eigenvalue weighted by molar-refractivity contribution is 0.0919. The molecule has 40 valence electrons. The van der Waals surface area contributed by atoms with Gasteiger partial charge in [0, 0.05) is 19.2 Å². The van der Waals surface area contributed by atoms with Gasteiger partial charge in [-0.1, -0.05) is 5.16 Å². The summed E-state index contributed by atoms with van der Waals surface area (Å²) in [5, 5.41) is 3.53. The Balaban J connectivity index is 2.22. The van der Waals surface area contributed by atoms with Crippen molar-refractivity contribution < 1.29 is 4.84 Å². The molecular formula is C4H8N2O. The smallest absolute Gasteiger partial charge is 0.144 e. The Bertz CT molecular complexity index is 73.8. The van der Waals surface area contributed by atoms with E-state index in [2.05, 4.69) is 5.16 Å². The van der Waals surface area contributed by atoms with Crippen molar-refractivity contribution in [3.05, 3.63) is 0 Å². The third-order valence-corrected chi connectivity index (χ3v) is 0.916. The molecule has 0 spiro atoms. The monoisotopic (exact) mass is 100 g/mol. The maximum absolute atomic E-state index is 5.23. The topological polar surface area (TPSA) is 47.6 Å². The molecule has 7 heavy (non-hydrogen) atoms. The van der Waals surface area contributed by atoms with E-state index in [-0.39, 0.29) is 6.10 Å². The molecular weight excluding hydrogens is 92.1 g/mol. The van der Waals surface area contributed by atoms with Crippen LogP contribution in [0.2, 0.25) is 0 Å². The number of nitrogens with two attached hydrogens (primary N) is 1. The summed E-state index contributed by atoms with van der Waals surface area (Å²) in [6.45, 7) is 0.569. The van der Waals surface area contributed by atoms with Gasteiger partial charge < -0.3 is 10.6 Å². The molecule has 1 aliphatic rings. The molecule has 3 heteroatoms. The highest BCUT2D eigenvalue weighted by atomic mass is 16.6. The molecule has 0 radical (unpaired) electrons. The normalized spacial score (nSPS) is 27.9. The van der Waals surface area contributed by atoms with Crippen LogP contribution in [-0.4, -0.2) is 18.9 Å². The molecule has 3 nitrogen and oxygen atoms in total. The first-order valence-corrected chi connectivity index (χ1v) is 2.31. The van der Waals surface area contributed by atoms with E-state index in [1.54, 1.807) is 6.21 Å². The first kappa shape index (κ1) is 4.59. The minimum Gasteiger partial charge on any atom is -0.391 e. The molecule has 0 aliphatic carbocycles. The van der Waals surface area contributed by atoms with Crippen molar-refractivity contribution in [1.29, 1.82) is 0 Å². The zero-order valence-corrected chi connectivity index (χ0v) is 4.00. The molecule has 1 heterocycles. The molecule has 2 N–H and O–H groups in total. The van der Waals surface area contributed by atoms with Gasteiger partial charge in [0.1, 0.15) is 6.10 Å². The number of hydrogen-bond acceptors (Lipinski definition) is 3. The molecule has 0 aromatic rings. The van der Waals surface area contributed by atoms with E-state index in [9.17, 15) is 0 Å². The Morgan fingerprint density at radius 1 is 2.00 bits per heavy atom. The van der Waals surface area contributed by atoms with Crippen LogP contribution in [-0.2, 0) is 4.84 Å². The number of nitrogens with zero attached hydrogens (tertiary/aromatic N) is 1. The molecule has 1 rings (SSSR count). The van der Waals surface area contributed by atoms with E-state index in [0.717, 1.165) is 6.42 Å². The van der Waals surface area contributed by atoms with Crippen molar-refractivity contribution in [2.45, 2.75) is 12.5 Å². The van der Waals surface area contributed by atoms with Crippen LogP contribution in [0.15, 0.2) is 5.16 Å². The highest BCUT2D eigenvalue weighted by Crippen LogP contribution is 2.00. The van der Waals surface area contributed by atoms with Crippen molar-refractivity contribution in [2.24, 2.45) is 10.9 Å². The number of oxime groups is 1. The fraction of sp³-hybridized carbons (Fsp3) is 0.750. The summed E-state index contributed by atoms with van der Waals surface area (Å²) in [5.74, 6) is 0. The third-order valence-electron chi connectivity index (χ3n) is 0.916. The molecule has 1 unspecified atom stereocenters. The molecule has 0 saturated carbocycles. The average Bonchev–Trinajstić information content (AvgIpc) is 2.14. The van der Waals surface area contributed by atoms with Gasteiger partial charge in [-0.25, -0.2) is 0 Å². The molecule has 1 atom stereocenters. The van der Waals surface area contributed by atoms with E-state index >= 15 is 0 Å². The molecule has 1 aliphatic heterocycles. The van der Waals surface area contributed by atoms with Crippen molar-refractivity contribution in [3.63, 3.8) is 0 Å². The van der Waals surface area contributed by atoms with Gasteiger partial charge in [0.25, 0.3) is 0 Å². The zero-order chi connectivity index (χ0) is 5.11. The van der Waals surface area contributed by atoms with E-state index in [4.69, 9.17) is 10.6 Å². The van der Waals surface area contributed by atoms with Crippen molar-refractivity contribution in [2.75, 3.05) is 6.54 Å². The lowest BCUT2D eigenvalue weighted by Crippen LogP contribution is -2.18. The van der Waals surface area contributed by atoms with E-state index < -0.39 is 0 Å². The van der Waals surface area contributed by atoms with Crippen molar-refractivity contribution >= 4 is 6.21 Å². The molecule has 0 saturated heterocycles. The van der Waals surface area contributed by atoms with Crippen LogP contribution in [0.3, 0.4) is 0 Å². The van der Waals surface area contributed by atoms with E-state index in [1.165, 1.54) is 0 Å². The Hall–Kier alpha value is -0.570. The largest absolute Gasteiger partial charge is 0.391 e. The maximum Gasteiger partial charge on any atom is 0.144 e. The van der Waals surface area contributed by atoms with E-state index in [0.29, 0.717) is 6.54 Å². The summed E-state index contributed by atoms with van der Waals surface area (Å²) >= 11 is 0. The van der Waals surface area contributed by atoms with Crippen LogP contribution in [0.1, 0.15) is 6.42 Å². The zero-order valence-electron chi connectivity index (χ0n) is 4.00. The highest BCUT2D eigenvalue weighted by Gasteiger charge is 2.08. The minimum absolute atomic E-state index is 0.153. The second-order valence-corrected chi connectivity index (χ2v) is 1.49. The standard InChI is InChI=1S/C4H8N2O/c5-3-4-1-2-6-7-4/h2,4H,1,3,5H2. The van der Waals surface area contributed by atoms with Gasteiger partial charge in [0.2, 0.25) is 0 Å². The SMILES string of the molecule is NCC1CC=NO1. The fourth-order valence-corrected chi connectivity index (χ4v) is 0.472. The van der Waals surface area contributed by atoms with Crippen LogP contribution in [0.25, 0.3) is 0 Å². The average molecular weight is 100 g/mol. The summed E-state index contributed by atoms with van der Waals surface area (Å²) in [6, 6.07) is 0. The van der Waals surface area contributed by atoms with Crippen LogP contribution in [0, 0.1) is 0 Å². The van der Waals surface area contributed by atoms with Gasteiger partial charge in [0.05, 0.1) is 0 Å². The number of hydrogen-bond donors (Lipinski definition) is 1. The molecule has 0 bridgehead atoms. The maximum atomic E-state index is 5.23. The quantitative estimate of drug-likeness (QED) is 0.492. The van der Waals surface area contributed by atoms with Crippen molar-refractivity contribution in [1.82, 2.24) is 0 Å². The Morgan fingerprint density at radius 3 is 3.14 bits per heavy atom. The Kier molecular flexibility index (Phi) is 1.26. The first-order chi connectivity index (χ1) is 3.43. The van der Waals surface area contributed by atoms with Crippen LogP contribution < -0.4 is 5.73 Å². The lowest BCUT2D eigenvalue weighted by atomic mass is 10.3. The third kappa shape index (κ3) is 0.899. The van der Waals surface area contributed by atoms with E-state index in [1.807, 2.05) is 0 Å². The molecule has 0 aromatic heterocycles. The van der Waals surface area contributed by atoms with Crippen LogP contribution in [0.4, 0.5) is 0 Å². The van der Waals surface area contributed by atoms with Crippen molar-refractivity contribution in [3.8, 4) is 0 Å². The van der Waals surface area contributed by atoms with Gasteiger partial charge in [-0.15, -0.1) is 0 Å².